The van der Waals surface area contributed by atoms with E-state index in [0.29, 0.717) is 11.4 Å². The Morgan fingerprint density at radius 2 is 1.91 bits per heavy atom. The molecule has 114 valence electrons. The molecular weight excluding hydrogens is 280 g/mol. The Balaban J connectivity index is 1.97. The van der Waals surface area contributed by atoms with Crippen LogP contribution in [-0.4, -0.2) is 18.4 Å². The molecule has 22 heavy (non-hydrogen) atoms. The molecule has 3 N–H and O–H groups in total. The summed E-state index contributed by atoms with van der Waals surface area (Å²) in [5, 5.41) is 2.63. The predicted octanol–water partition coefficient (Wildman–Crippen LogP) is 2.37. The number of carbonyl (C=O) groups is 2. The van der Waals surface area contributed by atoms with Crippen molar-refractivity contribution in [2.75, 3.05) is 11.9 Å². The first-order valence-corrected chi connectivity index (χ1v) is 7.00. The maximum Gasteiger partial charge on any atom is 0.262 e. The molecule has 0 radical (unpaired) electrons. The summed E-state index contributed by atoms with van der Waals surface area (Å²) in [6.07, 6.45) is 0.898. The van der Waals surface area contributed by atoms with Crippen LogP contribution >= 0.6 is 0 Å². The van der Waals surface area contributed by atoms with Crippen LogP contribution in [0.25, 0.3) is 0 Å². The zero-order valence-corrected chi connectivity index (χ0v) is 12.3. The van der Waals surface area contributed by atoms with E-state index in [0.717, 1.165) is 12.0 Å². The highest BCUT2D eigenvalue weighted by atomic mass is 16.5. The zero-order chi connectivity index (χ0) is 15.9. The lowest BCUT2D eigenvalue weighted by molar-refractivity contribution is -0.118. The molecule has 0 spiro atoms. The molecule has 0 aliphatic carbocycles. The Kier molecular flexibility index (Phi) is 5.14. The first-order valence-electron chi connectivity index (χ1n) is 7.00. The quantitative estimate of drug-likeness (QED) is 0.859. The van der Waals surface area contributed by atoms with E-state index in [9.17, 15) is 9.59 Å². The van der Waals surface area contributed by atoms with Gasteiger partial charge < -0.3 is 15.8 Å². The summed E-state index contributed by atoms with van der Waals surface area (Å²) < 4.78 is 5.45. The number of benzene rings is 2. The van der Waals surface area contributed by atoms with Crippen LogP contribution in [0.1, 0.15) is 22.8 Å². The molecule has 0 aliphatic rings. The molecule has 0 aromatic heterocycles. The zero-order valence-electron chi connectivity index (χ0n) is 12.3. The van der Waals surface area contributed by atoms with Crippen LogP contribution in [0, 0.1) is 0 Å². The van der Waals surface area contributed by atoms with Gasteiger partial charge in [-0.1, -0.05) is 31.2 Å². The van der Waals surface area contributed by atoms with Crippen molar-refractivity contribution in [3.63, 3.8) is 0 Å². The summed E-state index contributed by atoms with van der Waals surface area (Å²) in [7, 11) is 0. The summed E-state index contributed by atoms with van der Waals surface area (Å²) in [5.41, 5.74) is 7.05. The molecule has 0 heterocycles. The van der Waals surface area contributed by atoms with Crippen LogP contribution in [-0.2, 0) is 11.2 Å². The van der Waals surface area contributed by atoms with Gasteiger partial charge in [-0.05, 0) is 36.2 Å². The SMILES string of the molecule is CCc1cccc(OCC(=O)Nc2ccccc2C(N)=O)c1. The number of hydrogen-bond acceptors (Lipinski definition) is 3. The van der Waals surface area contributed by atoms with Crippen LogP contribution in [0.15, 0.2) is 48.5 Å². The van der Waals surface area contributed by atoms with Crippen molar-refractivity contribution in [2.24, 2.45) is 5.73 Å². The van der Waals surface area contributed by atoms with E-state index >= 15 is 0 Å². The Morgan fingerprint density at radius 3 is 2.64 bits per heavy atom. The number of para-hydroxylation sites is 1. The van der Waals surface area contributed by atoms with Crippen LogP contribution in [0.3, 0.4) is 0 Å². The number of nitrogens with one attached hydrogen (secondary N) is 1. The third-order valence-electron chi connectivity index (χ3n) is 3.14. The predicted molar refractivity (Wildman–Crippen MR) is 84.9 cm³/mol. The van der Waals surface area contributed by atoms with Gasteiger partial charge in [0.15, 0.2) is 6.61 Å². The highest BCUT2D eigenvalue weighted by molar-refractivity contribution is 6.03. The van der Waals surface area contributed by atoms with E-state index < -0.39 is 5.91 Å². The fourth-order valence-electron chi connectivity index (χ4n) is 2.00. The number of amides is 2. The third kappa shape index (κ3) is 4.09. The maximum atomic E-state index is 11.9. The average molecular weight is 298 g/mol. The van der Waals surface area contributed by atoms with Gasteiger partial charge in [0.05, 0.1) is 11.3 Å². The summed E-state index contributed by atoms with van der Waals surface area (Å²) in [6, 6.07) is 14.1. The molecule has 0 unspecified atom stereocenters. The van der Waals surface area contributed by atoms with Crippen molar-refractivity contribution in [1.29, 1.82) is 0 Å². The second kappa shape index (κ2) is 7.26. The fourth-order valence-corrected chi connectivity index (χ4v) is 2.00. The van der Waals surface area contributed by atoms with Crippen molar-refractivity contribution in [3.05, 3.63) is 59.7 Å². The van der Waals surface area contributed by atoms with Gasteiger partial charge >= 0.3 is 0 Å². The van der Waals surface area contributed by atoms with E-state index in [1.807, 2.05) is 25.1 Å². The normalized spacial score (nSPS) is 10.0. The fraction of sp³-hybridized carbons (Fsp3) is 0.176. The summed E-state index contributed by atoms with van der Waals surface area (Å²) in [4.78, 5) is 23.2. The van der Waals surface area contributed by atoms with Crippen molar-refractivity contribution >= 4 is 17.5 Å². The molecule has 0 saturated heterocycles. The minimum atomic E-state index is -0.590. The number of ether oxygens (including phenoxy) is 1. The number of rotatable bonds is 6. The van der Waals surface area contributed by atoms with Gasteiger partial charge in [-0.15, -0.1) is 0 Å². The highest BCUT2D eigenvalue weighted by Crippen LogP contribution is 2.15. The number of nitrogens with two attached hydrogens (primary N) is 1. The Morgan fingerprint density at radius 1 is 1.14 bits per heavy atom. The number of primary amides is 1. The lowest BCUT2D eigenvalue weighted by atomic mass is 10.1. The first-order chi connectivity index (χ1) is 10.6. The van der Waals surface area contributed by atoms with Crippen LogP contribution in [0.4, 0.5) is 5.69 Å². The third-order valence-corrected chi connectivity index (χ3v) is 3.14. The molecule has 0 fully saturated rings. The van der Waals surface area contributed by atoms with E-state index in [1.165, 1.54) is 0 Å². The smallest absolute Gasteiger partial charge is 0.262 e. The monoisotopic (exact) mass is 298 g/mol. The maximum absolute atomic E-state index is 11.9. The first kappa shape index (κ1) is 15.6. The summed E-state index contributed by atoms with van der Waals surface area (Å²) in [5.74, 6) is -0.305. The molecule has 2 aromatic carbocycles. The van der Waals surface area contributed by atoms with E-state index in [4.69, 9.17) is 10.5 Å². The van der Waals surface area contributed by atoms with Crippen molar-refractivity contribution in [1.82, 2.24) is 0 Å². The van der Waals surface area contributed by atoms with Gasteiger partial charge in [0.1, 0.15) is 5.75 Å². The lowest BCUT2D eigenvalue weighted by Crippen LogP contribution is -2.22. The summed E-state index contributed by atoms with van der Waals surface area (Å²) in [6.45, 7) is 1.91. The molecule has 0 saturated carbocycles. The van der Waals surface area contributed by atoms with Crippen LogP contribution < -0.4 is 15.8 Å². The second-order valence-electron chi connectivity index (χ2n) is 4.75. The van der Waals surface area contributed by atoms with Crippen molar-refractivity contribution < 1.29 is 14.3 Å². The minimum absolute atomic E-state index is 0.139. The largest absolute Gasteiger partial charge is 0.484 e. The van der Waals surface area contributed by atoms with Gasteiger partial charge in [-0.2, -0.15) is 0 Å². The van der Waals surface area contributed by atoms with Gasteiger partial charge in [0, 0.05) is 0 Å². The van der Waals surface area contributed by atoms with E-state index in [-0.39, 0.29) is 18.1 Å². The van der Waals surface area contributed by atoms with Crippen LogP contribution in [0.2, 0.25) is 0 Å². The topological polar surface area (TPSA) is 81.4 Å². The van der Waals surface area contributed by atoms with Gasteiger partial charge in [0.2, 0.25) is 0 Å². The highest BCUT2D eigenvalue weighted by Gasteiger charge is 2.10. The number of carbonyl (C=O) groups excluding carboxylic acids is 2. The molecule has 2 amide bonds. The standard InChI is InChI=1S/C17H18N2O3/c1-2-12-6-5-7-13(10-12)22-11-16(20)19-15-9-4-3-8-14(15)17(18)21/h3-10H,2,11H2,1H3,(H2,18,21)(H,19,20). The number of hydrogen-bond donors (Lipinski definition) is 2. The van der Waals surface area contributed by atoms with Gasteiger partial charge in [-0.25, -0.2) is 0 Å². The Labute approximate surface area is 129 Å². The number of aryl methyl sites for hydroxylation is 1. The molecule has 5 heteroatoms. The van der Waals surface area contributed by atoms with Crippen LogP contribution in [0.5, 0.6) is 5.75 Å². The molecule has 0 bridgehead atoms. The number of anilines is 1. The minimum Gasteiger partial charge on any atom is -0.484 e. The Hall–Kier alpha value is -2.82. The average Bonchev–Trinajstić information content (AvgIpc) is 2.53. The molecule has 0 atom stereocenters. The molecule has 0 aliphatic heterocycles. The Bertz CT molecular complexity index is 683. The molecule has 5 nitrogen and oxygen atoms in total. The molecule has 2 aromatic rings. The van der Waals surface area contributed by atoms with E-state index in [1.54, 1.807) is 30.3 Å². The molecular formula is C17H18N2O3. The summed E-state index contributed by atoms with van der Waals surface area (Å²) >= 11 is 0. The lowest BCUT2D eigenvalue weighted by Gasteiger charge is -2.10. The van der Waals surface area contributed by atoms with E-state index in [2.05, 4.69) is 5.32 Å². The van der Waals surface area contributed by atoms with Crippen molar-refractivity contribution in [3.8, 4) is 5.75 Å². The van der Waals surface area contributed by atoms with Gasteiger partial charge in [-0.3, -0.25) is 9.59 Å². The van der Waals surface area contributed by atoms with Crippen molar-refractivity contribution in [2.45, 2.75) is 13.3 Å². The molecule has 2 rings (SSSR count). The van der Waals surface area contributed by atoms with Gasteiger partial charge in [0.25, 0.3) is 11.8 Å². The second-order valence-corrected chi connectivity index (χ2v) is 4.75.